The summed E-state index contributed by atoms with van der Waals surface area (Å²) in [5.41, 5.74) is 2.90. The van der Waals surface area contributed by atoms with E-state index in [-0.39, 0.29) is 11.9 Å². The highest BCUT2D eigenvalue weighted by Crippen LogP contribution is 2.25. The van der Waals surface area contributed by atoms with Gasteiger partial charge in [0.05, 0.1) is 6.04 Å². The number of anilines is 1. The molecule has 0 aliphatic carbocycles. The quantitative estimate of drug-likeness (QED) is 0.745. The van der Waals surface area contributed by atoms with Crippen LogP contribution < -0.4 is 10.6 Å². The van der Waals surface area contributed by atoms with Gasteiger partial charge in [0.25, 0.3) is 0 Å². The highest BCUT2D eigenvalue weighted by atomic mass is 16.1. The molecule has 2 rings (SSSR count). The van der Waals surface area contributed by atoms with Crippen molar-refractivity contribution in [2.24, 2.45) is 0 Å². The fraction of sp³-hybridized carbons (Fsp3) is 0.333. The van der Waals surface area contributed by atoms with E-state index >= 15 is 0 Å². The van der Waals surface area contributed by atoms with E-state index in [0.29, 0.717) is 6.42 Å². The maximum atomic E-state index is 11.2. The van der Waals surface area contributed by atoms with Crippen molar-refractivity contribution in [2.45, 2.75) is 18.9 Å². The highest BCUT2D eigenvalue weighted by Gasteiger charge is 2.16. The summed E-state index contributed by atoms with van der Waals surface area (Å²) in [7, 11) is 1.75. The Bertz CT molecular complexity index is 429. The van der Waals surface area contributed by atoms with Crippen molar-refractivity contribution < 1.29 is 9.59 Å². The first kappa shape index (κ1) is 10.8. The molecule has 84 valence electrons. The van der Waals surface area contributed by atoms with E-state index in [0.717, 1.165) is 29.5 Å². The van der Waals surface area contributed by atoms with Crippen molar-refractivity contribution in [3.05, 3.63) is 29.3 Å². The molecule has 0 aromatic heterocycles. The molecule has 1 aromatic rings. The zero-order valence-corrected chi connectivity index (χ0v) is 9.12. The number of carbonyl (C=O) groups excluding carboxylic acids is 2. The third-order valence-electron chi connectivity index (χ3n) is 2.83. The lowest BCUT2D eigenvalue weighted by Crippen LogP contribution is -2.21. The normalized spacial score (nSPS) is 16.2. The SMILES string of the molecule is CNC(C=O)c1ccc2c(c1)CCC(=O)N2. The van der Waals surface area contributed by atoms with E-state index in [1.165, 1.54) is 0 Å². The number of benzene rings is 1. The molecule has 1 aliphatic rings. The molecule has 1 amide bonds. The minimum absolute atomic E-state index is 0.0563. The molecule has 0 fully saturated rings. The number of aryl methyl sites for hydroxylation is 1. The van der Waals surface area contributed by atoms with E-state index in [4.69, 9.17) is 0 Å². The summed E-state index contributed by atoms with van der Waals surface area (Å²) >= 11 is 0. The van der Waals surface area contributed by atoms with Crippen LogP contribution in [0.4, 0.5) is 5.69 Å². The van der Waals surface area contributed by atoms with Crippen LogP contribution >= 0.6 is 0 Å². The second-order valence-corrected chi connectivity index (χ2v) is 3.87. The highest BCUT2D eigenvalue weighted by molar-refractivity contribution is 5.94. The van der Waals surface area contributed by atoms with Crippen molar-refractivity contribution >= 4 is 17.9 Å². The van der Waals surface area contributed by atoms with Crippen LogP contribution in [0.25, 0.3) is 0 Å². The van der Waals surface area contributed by atoms with E-state index in [2.05, 4.69) is 10.6 Å². The maximum Gasteiger partial charge on any atom is 0.224 e. The molecule has 0 spiro atoms. The number of fused-ring (bicyclic) bond motifs is 1. The van der Waals surface area contributed by atoms with Crippen molar-refractivity contribution in [2.75, 3.05) is 12.4 Å². The topological polar surface area (TPSA) is 58.2 Å². The van der Waals surface area contributed by atoms with Crippen LogP contribution in [0, 0.1) is 0 Å². The molecule has 1 heterocycles. The fourth-order valence-electron chi connectivity index (χ4n) is 1.91. The lowest BCUT2D eigenvalue weighted by molar-refractivity contribution is -0.116. The number of carbonyl (C=O) groups is 2. The second-order valence-electron chi connectivity index (χ2n) is 3.87. The van der Waals surface area contributed by atoms with Crippen molar-refractivity contribution in [3.8, 4) is 0 Å². The molecule has 1 atom stereocenters. The molecule has 0 saturated carbocycles. The number of hydrogen-bond acceptors (Lipinski definition) is 3. The third kappa shape index (κ3) is 1.97. The Morgan fingerprint density at radius 1 is 1.44 bits per heavy atom. The van der Waals surface area contributed by atoms with E-state index < -0.39 is 0 Å². The fourth-order valence-corrected chi connectivity index (χ4v) is 1.91. The number of likely N-dealkylation sites (N-methyl/N-ethyl adjacent to an activating group) is 1. The Morgan fingerprint density at radius 2 is 2.25 bits per heavy atom. The van der Waals surface area contributed by atoms with Crippen LogP contribution in [0.2, 0.25) is 0 Å². The molecule has 1 aliphatic heterocycles. The maximum absolute atomic E-state index is 11.2. The predicted molar refractivity (Wildman–Crippen MR) is 61.3 cm³/mol. The zero-order valence-electron chi connectivity index (χ0n) is 9.12. The molecule has 16 heavy (non-hydrogen) atoms. The zero-order chi connectivity index (χ0) is 11.5. The average Bonchev–Trinajstić information content (AvgIpc) is 2.31. The first-order valence-electron chi connectivity index (χ1n) is 5.30. The molecule has 0 bridgehead atoms. The Kier molecular flexibility index (Phi) is 3.01. The molecule has 4 heteroatoms. The largest absolute Gasteiger partial charge is 0.326 e. The van der Waals surface area contributed by atoms with Gasteiger partial charge in [-0.2, -0.15) is 0 Å². The molecular formula is C12H14N2O2. The minimum Gasteiger partial charge on any atom is -0.326 e. The van der Waals surface area contributed by atoms with Crippen LogP contribution in [-0.2, 0) is 16.0 Å². The summed E-state index contributed by atoms with van der Waals surface area (Å²) in [6.07, 6.45) is 2.13. The molecular weight excluding hydrogens is 204 g/mol. The van der Waals surface area contributed by atoms with Crippen molar-refractivity contribution in [1.29, 1.82) is 0 Å². The van der Waals surface area contributed by atoms with Gasteiger partial charge in [-0.15, -0.1) is 0 Å². The standard InChI is InChI=1S/C12H14N2O2/c1-13-11(7-15)9-2-4-10-8(6-9)3-5-12(16)14-10/h2,4,6-7,11,13H,3,5H2,1H3,(H,14,16). The van der Waals surface area contributed by atoms with Gasteiger partial charge >= 0.3 is 0 Å². The minimum atomic E-state index is -0.275. The van der Waals surface area contributed by atoms with Crippen LogP contribution in [0.15, 0.2) is 18.2 Å². The van der Waals surface area contributed by atoms with Gasteiger partial charge in [0, 0.05) is 12.1 Å². The van der Waals surface area contributed by atoms with Gasteiger partial charge < -0.3 is 15.4 Å². The average molecular weight is 218 g/mol. The Balaban J connectivity index is 2.32. The lowest BCUT2D eigenvalue weighted by Gasteiger charge is -2.19. The molecule has 0 radical (unpaired) electrons. The summed E-state index contributed by atoms with van der Waals surface area (Å²) in [6, 6.07) is 5.42. The van der Waals surface area contributed by atoms with Gasteiger partial charge in [-0.1, -0.05) is 12.1 Å². The molecule has 1 aromatic carbocycles. The Morgan fingerprint density at radius 3 is 2.94 bits per heavy atom. The number of rotatable bonds is 3. The van der Waals surface area contributed by atoms with Gasteiger partial charge in [0.1, 0.15) is 6.29 Å². The van der Waals surface area contributed by atoms with Crippen LogP contribution in [0.3, 0.4) is 0 Å². The first-order chi connectivity index (χ1) is 7.74. The Labute approximate surface area is 94.0 Å². The predicted octanol–water partition coefficient (Wildman–Crippen LogP) is 1.03. The van der Waals surface area contributed by atoms with Gasteiger partial charge in [0.15, 0.2) is 0 Å². The monoisotopic (exact) mass is 218 g/mol. The summed E-state index contributed by atoms with van der Waals surface area (Å²) in [4.78, 5) is 22.0. The number of hydrogen-bond donors (Lipinski definition) is 2. The van der Waals surface area contributed by atoms with Gasteiger partial charge in [-0.05, 0) is 30.7 Å². The van der Waals surface area contributed by atoms with Gasteiger partial charge in [-0.3, -0.25) is 4.79 Å². The summed E-state index contributed by atoms with van der Waals surface area (Å²) in [5, 5.41) is 5.74. The van der Waals surface area contributed by atoms with E-state index in [9.17, 15) is 9.59 Å². The van der Waals surface area contributed by atoms with Crippen LogP contribution in [0.5, 0.6) is 0 Å². The first-order valence-corrected chi connectivity index (χ1v) is 5.30. The second kappa shape index (κ2) is 4.45. The van der Waals surface area contributed by atoms with Crippen molar-refractivity contribution in [3.63, 3.8) is 0 Å². The van der Waals surface area contributed by atoms with E-state index in [1.807, 2.05) is 18.2 Å². The molecule has 1 unspecified atom stereocenters. The number of nitrogens with one attached hydrogen (secondary N) is 2. The molecule has 4 nitrogen and oxygen atoms in total. The van der Waals surface area contributed by atoms with Crippen LogP contribution in [-0.4, -0.2) is 19.2 Å². The summed E-state index contributed by atoms with van der Waals surface area (Å²) in [5.74, 6) is 0.0563. The number of aldehydes is 1. The number of amides is 1. The molecule has 0 saturated heterocycles. The van der Waals surface area contributed by atoms with Gasteiger partial charge in [0.2, 0.25) is 5.91 Å². The van der Waals surface area contributed by atoms with Gasteiger partial charge in [-0.25, -0.2) is 0 Å². The third-order valence-corrected chi connectivity index (χ3v) is 2.83. The van der Waals surface area contributed by atoms with Crippen LogP contribution in [0.1, 0.15) is 23.6 Å². The lowest BCUT2D eigenvalue weighted by atomic mass is 9.98. The van der Waals surface area contributed by atoms with E-state index in [1.54, 1.807) is 7.05 Å². The smallest absolute Gasteiger partial charge is 0.224 e. The van der Waals surface area contributed by atoms with Crippen molar-refractivity contribution in [1.82, 2.24) is 5.32 Å². The Hall–Kier alpha value is -1.68. The molecule has 2 N–H and O–H groups in total. The summed E-state index contributed by atoms with van der Waals surface area (Å²) < 4.78 is 0. The summed E-state index contributed by atoms with van der Waals surface area (Å²) in [6.45, 7) is 0.